The number of nitrogens with one attached hydrogen (secondary N) is 1. The van der Waals surface area contributed by atoms with Crippen molar-refractivity contribution in [2.24, 2.45) is 0 Å². The second-order valence-electron chi connectivity index (χ2n) is 7.79. The zero-order chi connectivity index (χ0) is 28.2. The smallest absolute Gasteiger partial charge is 0.365 e. The second kappa shape index (κ2) is 11.7. The molecule has 37 heavy (non-hydrogen) atoms. The van der Waals surface area contributed by atoms with Crippen molar-refractivity contribution in [2.45, 2.75) is 11.1 Å². The van der Waals surface area contributed by atoms with E-state index in [0.717, 1.165) is 4.31 Å². The number of alkyl halides is 3. The van der Waals surface area contributed by atoms with Crippen LogP contribution in [0.3, 0.4) is 0 Å². The molecule has 0 saturated carbocycles. The fraction of sp³-hybridized carbons (Fsp3) is 0.647. The standard InChI is InChI=1S/C17H25F3N4O10S3/c1-35(27,28)33-9-7-22(8-10-34-36(2,29)30)16-14(17(18,19)20)11-13(24(25)26)12-15(16)37(31,32)23-5-3-21-4-6-23/h11-12,21H,3-10H2,1-2H3. The molecule has 0 radical (unpaired) electrons. The highest BCUT2D eigenvalue weighted by Crippen LogP contribution is 2.43. The third-order valence-electron chi connectivity index (χ3n) is 4.90. The first-order valence-corrected chi connectivity index (χ1v) is 15.4. The molecule has 14 nitrogen and oxygen atoms in total. The summed E-state index contributed by atoms with van der Waals surface area (Å²) in [5, 5.41) is 14.3. The average molecular weight is 599 g/mol. The predicted octanol–water partition coefficient (Wildman–Crippen LogP) is -0.0337. The Morgan fingerprint density at radius 2 is 1.49 bits per heavy atom. The Bertz CT molecular complexity index is 1270. The lowest BCUT2D eigenvalue weighted by Gasteiger charge is -2.32. The number of halogens is 3. The number of hydrogen-bond acceptors (Lipinski definition) is 12. The van der Waals surface area contributed by atoms with E-state index in [0.29, 0.717) is 23.5 Å². The van der Waals surface area contributed by atoms with Crippen molar-refractivity contribution in [1.29, 1.82) is 0 Å². The molecular formula is C17H25F3N4O10S3. The molecule has 0 amide bonds. The number of sulfonamides is 1. The quantitative estimate of drug-likeness (QED) is 0.193. The monoisotopic (exact) mass is 598 g/mol. The van der Waals surface area contributed by atoms with Crippen LogP contribution in [0, 0.1) is 10.1 Å². The highest BCUT2D eigenvalue weighted by atomic mass is 32.2. The van der Waals surface area contributed by atoms with E-state index in [1.54, 1.807) is 0 Å². The van der Waals surface area contributed by atoms with Crippen LogP contribution in [0.1, 0.15) is 5.56 Å². The van der Waals surface area contributed by atoms with Crippen LogP contribution in [0.4, 0.5) is 24.5 Å². The van der Waals surface area contributed by atoms with Gasteiger partial charge in [0.15, 0.2) is 0 Å². The van der Waals surface area contributed by atoms with Gasteiger partial charge in [0.1, 0.15) is 4.90 Å². The Morgan fingerprint density at radius 1 is 1.00 bits per heavy atom. The lowest BCUT2D eigenvalue weighted by atomic mass is 10.1. The van der Waals surface area contributed by atoms with Crippen LogP contribution >= 0.6 is 0 Å². The molecule has 1 N–H and O–H groups in total. The molecule has 1 aromatic carbocycles. The average Bonchev–Trinajstić information content (AvgIpc) is 2.75. The van der Waals surface area contributed by atoms with Gasteiger partial charge >= 0.3 is 6.18 Å². The summed E-state index contributed by atoms with van der Waals surface area (Å²) in [5.41, 5.74) is -3.88. The highest BCUT2D eigenvalue weighted by Gasteiger charge is 2.42. The van der Waals surface area contributed by atoms with Crippen LogP contribution in [0.2, 0.25) is 0 Å². The zero-order valence-corrected chi connectivity index (χ0v) is 22.0. The summed E-state index contributed by atoms with van der Waals surface area (Å²) in [6, 6.07) is 0.623. The minimum Gasteiger partial charge on any atom is -0.365 e. The molecule has 1 aliphatic rings. The molecule has 2 rings (SSSR count). The van der Waals surface area contributed by atoms with Gasteiger partial charge in [-0.3, -0.25) is 18.5 Å². The maximum Gasteiger partial charge on any atom is 0.418 e. The fourth-order valence-electron chi connectivity index (χ4n) is 3.39. The number of rotatable bonds is 12. The fourth-order valence-corrected chi connectivity index (χ4v) is 5.84. The normalized spacial score (nSPS) is 16.0. The number of non-ortho nitro benzene ring substituents is 1. The maximum absolute atomic E-state index is 14.2. The van der Waals surface area contributed by atoms with Crippen molar-refractivity contribution in [3.05, 3.63) is 27.8 Å². The number of benzene rings is 1. The number of nitro benzene ring substituents is 1. The van der Waals surface area contributed by atoms with Crippen LogP contribution in [-0.2, 0) is 44.8 Å². The van der Waals surface area contributed by atoms with Crippen molar-refractivity contribution < 1.29 is 51.7 Å². The second-order valence-corrected chi connectivity index (χ2v) is 13.0. The predicted molar refractivity (Wildman–Crippen MR) is 124 cm³/mol. The topological polar surface area (TPSA) is 183 Å². The number of hydrogen-bond donors (Lipinski definition) is 1. The molecule has 20 heteroatoms. The Balaban J connectivity index is 2.78. The lowest BCUT2D eigenvalue weighted by molar-refractivity contribution is -0.385. The number of anilines is 1. The van der Waals surface area contributed by atoms with E-state index in [2.05, 4.69) is 13.7 Å². The van der Waals surface area contributed by atoms with E-state index in [1.165, 1.54) is 0 Å². The Morgan fingerprint density at radius 3 is 1.89 bits per heavy atom. The number of nitrogens with zero attached hydrogens (tertiary/aromatic N) is 3. The third kappa shape index (κ3) is 9.00. The summed E-state index contributed by atoms with van der Waals surface area (Å²) < 4.78 is 125. The molecule has 1 heterocycles. The van der Waals surface area contributed by atoms with E-state index in [9.17, 15) is 48.5 Å². The minimum atomic E-state index is -5.30. The van der Waals surface area contributed by atoms with Crippen LogP contribution < -0.4 is 10.2 Å². The van der Waals surface area contributed by atoms with Crippen molar-refractivity contribution in [3.8, 4) is 0 Å². The minimum absolute atomic E-state index is 0.139. The molecule has 0 bridgehead atoms. The summed E-state index contributed by atoms with van der Waals surface area (Å²) in [7, 11) is -12.9. The first-order valence-electron chi connectivity index (χ1n) is 10.4. The molecular weight excluding hydrogens is 573 g/mol. The Hall–Kier alpha value is -2.10. The maximum atomic E-state index is 14.2. The molecule has 1 saturated heterocycles. The van der Waals surface area contributed by atoms with Gasteiger partial charge < -0.3 is 10.2 Å². The van der Waals surface area contributed by atoms with Crippen molar-refractivity contribution >= 4 is 41.6 Å². The molecule has 0 aliphatic carbocycles. The van der Waals surface area contributed by atoms with Crippen molar-refractivity contribution in [3.63, 3.8) is 0 Å². The number of nitro groups is 1. The summed E-state index contributed by atoms with van der Waals surface area (Å²) in [6.07, 6.45) is -3.95. The van der Waals surface area contributed by atoms with Gasteiger partial charge in [-0.2, -0.15) is 34.3 Å². The van der Waals surface area contributed by atoms with Gasteiger partial charge in [0.2, 0.25) is 10.0 Å². The van der Waals surface area contributed by atoms with Crippen molar-refractivity contribution in [2.75, 3.05) is 69.9 Å². The first-order chi connectivity index (χ1) is 16.8. The van der Waals surface area contributed by atoms with Crippen LogP contribution in [0.5, 0.6) is 0 Å². The summed E-state index contributed by atoms with van der Waals surface area (Å²) in [4.78, 5) is 9.88. The summed E-state index contributed by atoms with van der Waals surface area (Å²) in [6.45, 7) is -2.79. The molecule has 0 aromatic heterocycles. The highest BCUT2D eigenvalue weighted by molar-refractivity contribution is 7.89. The molecule has 1 aromatic rings. The third-order valence-corrected chi connectivity index (χ3v) is 8.00. The molecule has 1 fully saturated rings. The van der Waals surface area contributed by atoms with Gasteiger partial charge in [-0.1, -0.05) is 0 Å². The molecule has 1 aliphatic heterocycles. The van der Waals surface area contributed by atoms with Gasteiger partial charge in [-0.15, -0.1) is 0 Å². The molecule has 212 valence electrons. The van der Waals surface area contributed by atoms with Gasteiger partial charge in [0.25, 0.3) is 25.9 Å². The molecule has 0 spiro atoms. The van der Waals surface area contributed by atoms with Gasteiger partial charge in [0, 0.05) is 51.4 Å². The van der Waals surface area contributed by atoms with Crippen LogP contribution in [0.25, 0.3) is 0 Å². The van der Waals surface area contributed by atoms with E-state index >= 15 is 0 Å². The largest absolute Gasteiger partial charge is 0.418 e. The van der Waals surface area contributed by atoms with E-state index in [-0.39, 0.29) is 32.2 Å². The molecule has 0 unspecified atom stereocenters. The lowest BCUT2D eigenvalue weighted by Crippen LogP contribution is -2.47. The van der Waals surface area contributed by atoms with Gasteiger partial charge in [-0.25, -0.2) is 8.42 Å². The van der Waals surface area contributed by atoms with Crippen LogP contribution in [0.15, 0.2) is 17.0 Å². The summed E-state index contributed by atoms with van der Waals surface area (Å²) >= 11 is 0. The Labute approximate surface area is 211 Å². The summed E-state index contributed by atoms with van der Waals surface area (Å²) in [5.74, 6) is 0. The van der Waals surface area contributed by atoms with Gasteiger partial charge in [-0.05, 0) is 0 Å². The first kappa shape index (κ1) is 31.1. The zero-order valence-electron chi connectivity index (χ0n) is 19.6. The SMILES string of the molecule is CS(=O)(=O)OCCN(CCOS(C)(=O)=O)c1c(C(F)(F)F)cc([N+](=O)[O-])cc1S(=O)(=O)N1CCNCC1. The Kier molecular flexibility index (Phi) is 9.88. The van der Waals surface area contributed by atoms with Gasteiger partial charge in [0.05, 0.1) is 41.9 Å². The van der Waals surface area contributed by atoms with E-state index in [1.807, 2.05) is 0 Å². The van der Waals surface area contributed by atoms with E-state index in [4.69, 9.17) is 0 Å². The number of piperazine rings is 1. The van der Waals surface area contributed by atoms with Crippen molar-refractivity contribution in [1.82, 2.24) is 9.62 Å². The van der Waals surface area contributed by atoms with E-state index < -0.39 is 89.5 Å². The molecule has 0 atom stereocenters. The van der Waals surface area contributed by atoms with Crippen LogP contribution in [-0.4, -0.2) is 99.5 Å².